The highest BCUT2D eigenvalue weighted by atomic mass is 16.6. The van der Waals surface area contributed by atoms with Gasteiger partial charge in [-0.2, -0.15) is 5.10 Å². The molecule has 0 saturated heterocycles. The van der Waals surface area contributed by atoms with Crippen molar-refractivity contribution in [3.63, 3.8) is 0 Å². The van der Waals surface area contributed by atoms with Crippen LogP contribution in [-0.4, -0.2) is 23.0 Å². The Morgan fingerprint density at radius 2 is 2.05 bits per heavy atom. The molecule has 5 nitrogen and oxygen atoms in total. The first kappa shape index (κ1) is 11.9. The van der Waals surface area contributed by atoms with Gasteiger partial charge in [-0.25, -0.2) is 0 Å². The molecule has 1 N–H and O–H groups in total. The minimum atomic E-state index is 0.617. The van der Waals surface area contributed by atoms with Gasteiger partial charge in [-0.1, -0.05) is 6.07 Å². The van der Waals surface area contributed by atoms with Gasteiger partial charge in [0.25, 0.3) is 0 Å². The quantitative estimate of drug-likeness (QED) is 0.917. The van der Waals surface area contributed by atoms with E-state index in [1.165, 1.54) is 0 Å². The second kappa shape index (κ2) is 4.84. The molecule has 0 bridgehead atoms. The van der Waals surface area contributed by atoms with Gasteiger partial charge in [-0.15, -0.1) is 0 Å². The number of benzene rings is 1. The Kier molecular flexibility index (Phi) is 3.03. The lowest BCUT2D eigenvalue weighted by molar-refractivity contribution is 0.171. The summed E-state index contributed by atoms with van der Waals surface area (Å²) in [5, 5.41) is 7.68. The highest BCUT2D eigenvalue weighted by molar-refractivity contribution is 5.48. The zero-order valence-corrected chi connectivity index (χ0v) is 11.1. The molecular weight excluding hydrogens is 242 g/mol. The van der Waals surface area contributed by atoms with Gasteiger partial charge in [0.05, 0.1) is 11.4 Å². The molecule has 19 heavy (non-hydrogen) atoms. The second-order valence-electron chi connectivity index (χ2n) is 4.63. The molecule has 1 aromatic carbocycles. The Labute approximate surface area is 112 Å². The number of fused-ring (bicyclic) bond motifs is 1. The van der Waals surface area contributed by atoms with Gasteiger partial charge in [0.1, 0.15) is 13.2 Å². The number of nitrogens with one attached hydrogen (secondary N) is 1. The van der Waals surface area contributed by atoms with E-state index >= 15 is 0 Å². The molecule has 2 heterocycles. The molecule has 0 saturated carbocycles. The Hall–Kier alpha value is -2.17. The zero-order valence-electron chi connectivity index (χ0n) is 11.1. The lowest BCUT2D eigenvalue weighted by atomic mass is 10.2. The van der Waals surface area contributed by atoms with Crippen molar-refractivity contribution in [2.75, 3.05) is 18.5 Å². The van der Waals surface area contributed by atoms with Crippen LogP contribution in [-0.2, 0) is 13.6 Å². The van der Waals surface area contributed by atoms with Crippen LogP contribution >= 0.6 is 0 Å². The van der Waals surface area contributed by atoms with E-state index in [9.17, 15) is 0 Å². The van der Waals surface area contributed by atoms with Crippen molar-refractivity contribution in [1.82, 2.24) is 9.78 Å². The summed E-state index contributed by atoms with van der Waals surface area (Å²) in [7, 11) is 1.92. The van der Waals surface area contributed by atoms with Gasteiger partial charge in [0.2, 0.25) is 0 Å². The molecule has 2 aromatic rings. The van der Waals surface area contributed by atoms with Gasteiger partial charge in [-0.05, 0) is 24.6 Å². The van der Waals surface area contributed by atoms with Crippen molar-refractivity contribution in [3.8, 4) is 11.5 Å². The number of aromatic nitrogens is 2. The number of hydrogen-bond donors (Lipinski definition) is 1. The van der Waals surface area contributed by atoms with Crippen molar-refractivity contribution >= 4 is 5.69 Å². The standard InChI is InChI=1S/C14H17N3O2/c1-10-12(9-17(2)16-10)15-8-11-3-4-13-14(7-11)19-6-5-18-13/h3-4,7,9,15H,5-6,8H2,1-2H3. The number of nitrogens with zero attached hydrogens (tertiary/aromatic N) is 2. The Morgan fingerprint density at radius 1 is 1.26 bits per heavy atom. The maximum Gasteiger partial charge on any atom is 0.161 e. The van der Waals surface area contributed by atoms with Crippen LogP contribution in [0.3, 0.4) is 0 Å². The third-order valence-corrected chi connectivity index (χ3v) is 3.10. The van der Waals surface area contributed by atoms with Gasteiger partial charge in [0, 0.05) is 19.8 Å². The molecule has 0 radical (unpaired) electrons. The smallest absolute Gasteiger partial charge is 0.161 e. The van der Waals surface area contributed by atoms with Gasteiger partial charge in [0.15, 0.2) is 11.5 Å². The van der Waals surface area contributed by atoms with Gasteiger partial charge >= 0.3 is 0 Å². The highest BCUT2D eigenvalue weighted by Gasteiger charge is 2.11. The summed E-state index contributed by atoms with van der Waals surface area (Å²) in [5.74, 6) is 1.65. The first-order valence-corrected chi connectivity index (χ1v) is 6.35. The minimum Gasteiger partial charge on any atom is -0.486 e. The van der Waals surface area contributed by atoms with Gasteiger partial charge < -0.3 is 14.8 Å². The van der Waals surface area contributed by atoms with Crippen LogP contribution in [0.25, 0.3) is 0 Å². The molecule has 100 valence electrons. The van der Waals surface area contributed by atoms with E-state index in [1.54, 1.807) is 0 Å². The number of rotatable bonds is 3. The molecule has 1 aromatic heterocycles. The molecule has 5 heteroatoms. The normalized spacial score (nSPS) is 13.4. The van der Waals surface area contributed by atoms with Gasteiger partial charge in [-0.3, -0.25) is 4.68 Å². The van der Waals surface area contributed by atoms with E-state index < -0.39 is 0 Å². The Morgan fingerprint density at radius 3 is 2.79 bits per heavy atom. The molecule has 1 aliphatic heterocycles. The maximum atomic E-state index is 5.57. The fourth-order valence-corrected chi connectivity index (χ4v) is 2.17. The summed E-state index contributed by atoms with van der Waals surface area (Å²) in [6.07, 6.45) is 1.98. The SMILES string of the molecule is Cc1nn(C)cc1NCc1ccc2c(c1)OCCO2. The van der Waals surface area contributed by atoms with Crippen LogP contribution in [0, 0.1) is 6.92 Å². The first-order valence-electron chi connectivity index (χ1n) is 6.35. The predicted molar refractivity (Wildman–Crippen MR) is 72.7 cm³/mol. The van der Waals surface area contributed by atoms with Crippen molar-refractivity contribution in [2.24, 2.45) is 7.05 Å². The lowest BCUT2D eigenvalue weighted by Gasteiger charge is -2.19. The molecule has 0 atom stereocenters. The average molecular weight is 259 g/mol. The average Bonchev–Trinajstić information content (AvgIpc) is 2.74. The number of aryl methyl sites for hydroxylation is 2. The Balaban J connectivity index is 1.71. The van der Waals surface area contributed by atoms with Crippen molar-refractivity contribution in [2.45, 2.75) is 13.5 Å². The monoisotopic (exact) mass is 259 g/mol. The summed E-state index contributed by atoms with van der Waals surface area (Å²) in [6, 6.07) is 6.03. The predicted octanol–water partition coefficient (Wildman–Crippen LogP) is 2.11. The number of hydrogen-bond acceptors (Lipinski definition) is 4. The fourth-order valence-electron chi connectivity index (χ4n) is 2.17. The molecule has 1 aliphatic rings. The topological polar surface area (TPSA) is 48.3 Å². The third kappa shape index (κ3) is 2.50. The minimum absolute atomic E-state index is 0.617. The van der Waals surface area contributed by atoms with E-state index in [4.69, 9.17) is 9.47 Å². The molecule has 0 amide bonds. The summed E-state index contributed by atoms with van der Waals surface area (Å²) in [5.41, 5.74) is 3.21. The number of ether oxygens (including phenoxy) is 2. The largest absolute Gasteiger partial charge is 0.486 e. The van der Waals surface area contributed by atoms with E-state index in [1.807, 2.05) is 43.0 Å². The van der Waals surface area contributed by atoms with Crippen LogP contribution in [0.1, 0.15) is 11.3 Å². The summed E-state index contributed by atoms with van der Waals surface area (Å²) >= 11 is 0. The summed E-state index contributed by atoms with van der Waals surface area (Å²) in [4.78, 5) is 0. The van der Waals surface area contributed by atoms with Crippen LogP contribution in [0.5, 0.6) is 11.5 Å². The highest BCUT2D eigenvalue weighted by Crippen LogP contribution is 2.31. The van der Waals surface area contributed by atoms with E-state index in [2.05, 4.69) is 10.4 Å². The molecule has 0 fully saturated rings. The van der Waals surface area contributed by atoms with E-state index in [0.717, 1.165) is 35.0 Å². The molecular formula is C14H17N3O2. The zero-order chi connectivity index (χ0) is 13.2. The summed E-state index contributed by atoms with van der Waals surface area (Å²) in [6.45, 7) is 3.97. The van der Waals surface area contributed by atoms with Crippen molar-refractivity contribution in [3.05, 3.63) is 35.7 Å². The van der Waals surface area contributed by atoms with Crippen LogP contribution in [0.4, 0.5) is 5.69 Å². The maximum absolute atomic E-state index is 5.57. The van der Waals surface area contributed by atoms with Crippen LogP contribution < -0.4 is 14.8 Å². The fraction of sp³-hybridized carbons (Fsp3) is 0.357. The van der Waals surface area contributed by atoms with Crippen LogP contribution in [0.15, 0.2) is 24.4 Å². The summed E-state index contributed by atoms with van der Waals surface area (Å²) < 4.78 is 12.9. The first-order chi connectivity index (χ1) is 9.22. The second-order valence-corrected chi connectivity index (χ2v) is 4.63. The van der Waals surface area contributed by atoms with E-state index in [0.29, 0.717) is 13.2 Å². The molecule has 0 spiro atoms. The Bertz CT molecular complexity index is 592. The number of anilines is 1. The third-order valence-electron chi connectivity index (χ3n) is 3.10. The molecule has 3 rings (SSSR count). The lowest BCUT2D eigenvalue weighted by Crippen LogP contribution is -2.15. The van der Waals surface area contributed by atoms with Crippen molar-refractivity contribution in [1.29, 1.82) is 0 Å². The van der Waals surface area contributed by atoms with Crippen molar-refractivity contribution < 1.29 is 9.47 Å². The molecule has 0 unspecified atom stereocenters. The van der Waals surface area contributed by atoms with E-state index in [-0.39, 0.29) is 0 Å². The van der Waals surface area contributed by atoms with Crippen LogP contribution in [0.2, 0.25) is 0 Å². The molecule has 0 aliphatic carbocycles.